The molecule has 0 fully saturated rings. The first-order chi connectivity index (χ1) is 9.52. The first kappa shape index (κ1) is 15.7. The summed E-state index contributed by atoms with van der Waals surface area (Å²) in [5.74, 6) is -2.13. The van der Waals surface area contributed by atoms with Gasteiger partial charge in [0.25, 0.3) is 5.91 Å². The summed E-state index contributed by atoms with van der Waals surface area (Å²) in [6, 6.07) is 3.99. The van der Waals surface area contributed by atoms with Gasteiger partial charge >= 0.3 is 5.97 Å². The molecule has 20 heavy (non-hydrogen) atoms. The Hall–Kier alpha value is -2.37. The van der Waals surface area contributed by atoms with E-state index in [1.54, 1.807) is 0 Å². The van der Waals surface area contributed by atoms with Gasteiger partial charge in [-0.1, -0.05) is 13.0 Å². The summed E-state index contributed by atoms with van der Waals surface area (Å²) < 4.78 is 18.7. The van der Waals surface area contributed by atoms with Crippen LogP contribution in [0.5, 0.6) is 5.75 Å². The molecule has 5 nitrogen and oxygen atoms in total. The smallest absolute Gasteiger partial charge is 0.328 e. The van der Waals surface area contributed by atoms with E-state index in [-0.39, 0.29) is 18.3 Å². The number of carbonyl (C=O) groups excluding carboxylic acids is 1. The highest BCUT2D eigenvalue weighted by Crippen LogP contribution is 2.19. The van der Waals surface area contributed by atoms with Crippen LogP contribution in [0, 0.1) is 5.82 Å². The Bertz CT molecular complexity index is 514. The van der Waals surface area contributed by atoms with Crippen molar-refractivity contribution in [2.45, 2.75) is 13.3 Å². The van der Waals surface area contributed by atoms with Crippen LogP contribution >= 0.6 is 0 Å². The zero-order valence-corrected chi connectivity index (χ0v) is 11.1. The Kier molecular flexibility index (Phi) is 6.22. The number of rotatable bonds is 7. The number of benzene rings is 1. The van der Waals surface area contributed by atoms with Gasteiger partial charge < -0.3 is 15.2 Å². The van der Waals surface area contributed by atoms with Crippen LogP contribution in [0.3, 0.4) is 0 Å². The van der Waals surface area contributed by atoms with E-state index in [1.807, 2.05) is 6.92 Å². The first-order valence-electron chi connectivity index (χ1n) is 6.13. The first-order valence-corrected chi connectivity index (χ1v) is 6.13. The van der Waals surface area contributed by atoms with Crippen molar-refractivity contribution in [3.05, 3.63) is 35.7 Å². The van der Waals surface area contributed by atoms with Crippen LogP contribution in [-0.2, 0) is 9.59 Å². The number of carbonyl (C=O) groups is 2. The largest absolute Gasteiger partial charge is 0.481 e. The topological polar surface area (TPSA) is 75.6 Å². The zero-order valence-electron chi connectivity index (χ0n) is 11.1. The molecule has 108 valence electrons. The minimum absolute atomic E-state index is 0.0517. The lowest BCUT2D eigenvalue weighted by molar-refractivity contribution is -0.131. The summed E-state index contributed by atoms with van der Waals surface area (Å²) in [6.45, 7) is 2.20. The molecule has 0 atom stereocenters. The fourth-order valence-corrected chi connectivity index (χ4v) is 1.36. The summed E-state index contributed by atoms with van der Waals surface area (Å²) in [4.78, 5) is 21.6. The molecule has 0 heterocycles. The number of ether oxygens (including phenoxy) is 1. The van der Waals surface area contributed by atoms with E-state index in [9.17, 15) is 14.0 Å². The molecule has 1 rings (SSSR count). The van der Waals surface area contributed by atoms with Gasteiger partial charge in [0.1, 0.15) is 0 Å². The molecule has 0 aliphatic heterocycles. The minimum atomic E-state index is -1.11. The molecule has 0 saturated carbocycles. The second-order valence-electron chi connectivity index (χ2n) is 4.00. The van der Waals surface area contributed by atoms with Gasteiger partial charge in [0.2, 0.25) is 0 Å². The van der Waals surface area contributed by atoms with Gasteiger partial charge in [0.15, 0.2) is 18.2 Å². The molecule has 0 unspecified atom stereocenters. The maximum absolute atomic E-state index is 13.6. The minimum Gasteiger partial charge on any atom is -0.481 e. The Morgan fingerprint density at radius 1 is 1.45 bits per heavy atom. The van der Waals surface area contributed by atoms with Gasteiger partial charge in [-0.2, -0.15) is 0 Å². The van der Waals surface area contributed by atoms with E-state index in [0.717, 1.165) is 18.6 Å². The third-order valence-electron chi connectivity index (χ3n) is 2.31. The number of nitrogens with one attached hydrogen (secondary N) is 1. The third-order valence-corrected chi connectivity index (χ3v) is 2.31. The van der Waals surface area contributed by atoms with E-state index in [0.29, 0.717) is 12.1 Å². The Labute approximate surface area is 116 Å². The monoisotopic (exact) mass is 281 g/mol. The Morgan fingerprint density at radius 2 is 2.20 bits per heavy atom. The number of amides is 1. The van der Waals surface area contributed by atoms with Crippen LogP contribution in [0.4, 0.5) is 4.39 Å². The summed E-state index contributed by atoms with van der Waals surface area (Å²) in [7, 11) is 0. The van der Waals surface area contributed by atoms with E-state index in [2.05, 4.69) is 5.32 Å². The number of carboxylic acid groups (broad SMARTS) is 1. The van der Waals surface area contributed by atoms with E-state index in [1.165, 1.54) is 18.2 Å². The summed E-state index contributed by atoms with van der Waals surface area (Å²) >= 11 is 0. The summed E-state index contributed by atoms with van der Waals surface area (Å²) in [5, 5.41) is 11.1. The predicted molar refractivity (Wildman–Crippen MR) is 71.9 cm³/mol. The lowest BCUT2D eigenvalue weighted by atomic mass is 10.2. The van der Waals surface area contributed by atoms with Gasteiger partial charge in [-0.15, -0.1) is 0 Å². The number of halogens is 1. The van der Waals surface area contributed by atoms with Gasteiger partial charge in [0.05, 0.1) is 0 Å². The highest BCUT2D eigenvalue weighted by molar-refractivity contribution is 5.85. The van der Waals surface area contributed by atoms with Crippen molar-refractivity contribution in [2.24, 2.45) is 0 Å². The molecule has 0 aliphatic rings. The van der Waals surface area contributed by atoms with Crippen molar-refractivity contribution < 1.29 is 23.8 Å². The zero-order chi connectivity index (χ0) is 15.0. The lowest BCUT2D eigenvalue weighted by Gasteiger charge is -2.08. The van der Waals surface area contributed by atoms with Crippen molar-refractivity contribution in [1.29, 1.82) is 0 Å². The third kappa shape index (κ3) is 5.51. The molecular weight excluding hydrogens is 265 g/mol. The molecule has 0 spiro atoms. The molecule has 1 amide bonds. The summed E-state index contributed by atoms with van der Waals surface area (Å²) in [5.41, 5.74) is 0.396. The van der Waals surface area contributed by atoms with Crippen LogP contribution in [0.15, 0.2) is 24.3 Å². The Morgan fingerprint density at radius 3 is 2.80 bits per heavy atom. The molecule has 1 aromatic rings. The lowest BCUT2D eigenvalue weighted by Crippen LogP contribution is -2.29. The van der Waals surface area contributed by atoms with Crippen LogP contribution in [0.2, 0.25) is 0 Å². The molecular formula is C14H16FNO4. The number of aliphatic carboxylic acids is 1. The summed E-state index contributed by atoms with van der Waals surface area (Å²) in [6.07, 6.45) is 2.99. The predicted octanol–water partition coefficient (Wildman–Crippen LogP) is 1.83. The molecule has 0 radical (unpaired) electrons. The van der Waals surface area contributed by atoms with Gasteiger partial charge in [0, 0.05) is 12.6 Å². The van der Waals surface area contributed by atoms with Crippen LogP contribution in [0.1, 0.15) is 18.9 Å². The van der Waals surface area contributed by atoms with Crippen molar-refractivity contribution >= 4 is 18.0 Å². The second-order valence-corrected chi connectivity index (χ2v) is 4.00. The quantitative estimate of drug-likeness (QED) is 0.748. The molecule has 0 aliphatic carbocycles. The molecule has 2 N–H and O–H groups in total. The van der Waals surface area contributed by atoms with E-state index >= 15 is 0 Å². The normalized spacial score (nSPS) is 10.5. The second kappa shape index (κ2) is 7.93. The molecule has 0 saturated heterocycles. The Balaban J connectivity index is 2.60. The molecule has 1 aromatic carbocycles. The van der Waals surface area contributed by atoms with E-state index in [4.69, 9.17) is 9.84 Å². The maximum atomic E-state index is 13.6. The van der Waals surface area contributed by atoms with Crippen molar-refractivity contribution in [1.82, 2.24) is 5.32 Å². The van der Waals surface area contributed by atoms with Crippen LogP contribution in [0.25, 0.3) is 6.08 Å². The molecule has 0 bridgehead atoms. The fourth-order valence-electron chi connectivity index (χ4n) is 1.36. The van der Waals surface area contributed by atoms with Gasteiger partial charge in [-0.3, -0.25) is 4.79 Å². The SMILES string of the molecule is CCCNC(=O)COc1ccc(/C=C/C(=O)O)cc1F. The average molecular weight is 281 g/mol. The molecule has 6 heteroatoms. The average Bonchev–Trinajstić information content (AvgIpc) is 2.41. The van der Waals surface area contributed by atoms with Crippen molar-refractivity contribution in [3.8, 4) is 5.75 Å². The van der Waals surface area contributed by atoms with Gasteiger partial charge in [-0.25, -0.2) is 9.18 Å². The standard InChI is InChI=1S/C14H16FNO4/c1-2-7-16-13(17)9-20-12-5-3-10(8-11(12)15)4-6-14(18)19/h3-6,8H,2,7,9H2,1H3,(H,16,17)(H,18,19)/b6-4+. The number of carboxylic acids is 1. The fraction of sp³-hybridized carbons (Fsp3) is 0.286. The molecule has 0 aromatic heterocycles. The van der Waals surface area contributed by atoms with Gasteiger partial charge in [-0.05, 0) is 30.2 Å². The van der Waals surface area contributed by atoms with Crippen LogP contribution in [-0.4, -0.2) is 30.1 Å². The van der Waals surface area contributed by atoms with Crippen molar-refractivity contribution in [3.63, 3.8) is 0 Å². The highest BCUT2D eigenvalue weighted by atomic mass is 19.1. The number of hydrogen-bond donors (Lipinski definition) is 2. The van der Waals surface area contributed by atoms with Crippen LogP contribution < -0.4 is 10.1 Å². The number of hydrogen-bond acceptors (Lipinski definition) is 3. The van der Waals surface area contributed by atoms with E-state index < -0.39 is 11.8 Å². The highest BCUT2D eigenvalue weighted by Gasteiger charge is 2.07. The maximum Gasteiger partial charge on any atom is 0.328 e. The van der Waals surface area contributed by atoms with Crippen molar-refractivity contribution in [2.75, 3.05) is 13.2 Å².